The maximum Gasteiger partial charge on any atom is 0.251 e. The molecule has 0 N–H and O–H groups in total. The second-order valence-corrected chi connectivity index (χ2v) is 3.52. The Hall–Kier alpha value is -0.510. The van der Waals surface area contributed by atoms with Gasteiger partial charge in [-0.2, -0.15) is 0 Å². The highest BCUT2D eigenvalue weighted by molar-refractivity contribution is 5.53. The summed E-state index contributed by atoms with van der Waals surface area (Å²) >= 11 is 0. The summed E-state index contributed by atoms with van der Waals surface area (Å²) in [6, 6.07) is 0. The molecule has 1 fully saturated rings. The molecule has 1 rings (SSSR count). The molecule has 1 heterocycles. The van der Waals surface area contributed by atoms with Gasteiger partial charge in [0.25, 0.3) is 6.43 Å². The molecule has 0 aliphatic carbocycles. The minimum Gasteiger partial charge on any atom is -0.303 e. The molecule has 0 spiro atoms. The first kappa shape index (κ1) is 10.6. The third kappa shape index (κ3) is 3.81. The molecule has 0 radical (unpaired) electrons. The Kier molecular flexibility index (Phi) is 4.28. The van der Waals surface area contributed by atoms with Crippen molar-refractivity contribution in [2.24, 2.45) is 5.92 Å². The van der Waals surface area contributed by atoms with Gasteiger partial charge in [-0.1, -0.05) is 0 Å². The van der Waals surface area contributed by atoms with E-state index in [9.17, 15) is 13.6 Å². The van der Waals surface area contributed by atoms with Gasteiger partial charge < -0.3 is 4.79 Å². The fourth-order valence-electron chi connectivity index (χ4n) is 1.70. The fourth-order valence-corrected chi connectivity index (χ4v) is 1.70. The smallest absolute Gasteiger partial charge is 0.251 e. The van der Waals surface area contributed by atoms with E-state index < -0.39 is 6.43 Å². The van der Waals surface area contributed by atoms with Crippen LogP contribution >= 0.6 is 0 Å². The first-order valence-corrected chi connectivity index (χ1v) is 4.68. The molecule has 1 aliphatic rings. The van der Waals surface area contributed by atoms with E-state index in [4.69, 9.17) is 0 Å². The minimum absolute atomic E-state index is 0.0858. The molecule has 1 unspecified atom stereocenters. The molecule has 13 heavy (non-hydrogen) atoms. The first-order valence-electron chi connectivity index (χ1n) is 4.68. The Morgan fingerprint density at radius 1 is 1.38 bits per heavy atom. The second kappa shape index (κ2) is 5.27. The van der Waals surface area contributed by atoms with Crippen LogP contribution in [0.2, 0.25) is 0 Å². The lowest BCUT2D eigenvalue weighted by atomic mass is 10.0. The van der Waals surface area contributed by atoms with E-state index in [2.05, 4.69) is 0 Å². The van der Waals surface area contributed by atoms with Crippen LogP contribution in [0.3, 0.4) is 0 Å². The Bertz CT molecular complexity index is 164. The molecule has 0 aromatic heterocycles. The lowest BCUT2D eigenvalue weighted by molar-refractivity contribution is -0.111. The van der Waals surface area contributed by atoms with Gasteiger partial charge in [0.2, 0.25) is 0 Å². The van der Waals surface area contributed by atoms with E-state index in [1.165, 1.54) is 0 Å². The molecule has 0 aromatic carbocycles. The number of alkyl halides is 2. The molecule has 1 atom stereocenters. The average Bonchev–Trinajstić information content (AvgIpc) is 2.29. The summed E-state index contributed by atoms with van der Waals surface area (Å²) in [7, 11) is 0. The van der Waals surface area contributed by atoms with Crippen molar-refractivity contribution >= 4 is 6.29 Å². The van der Waals surface area contributed by atoms with Crippen LogP contribution in [0.5, 0.6) is 0 Å². The predicted molar refractivity (Wildman–Crippen MR) is 45.8 cm³/mol. The van der Waals surface area contributed by atoms with Crippen molar-refractivity contribution in [1.82, 2.24) is 4.90 Å². The van der Waals surface area contributed by atoms with Gasteiger partial charge >= 0.3 is 0 Å². The van der Waals surface area contributed by atoms with Crippen LogP contribution in [-0.4, -0.2) is 37.2 Å². The van der Waals surface area contributed by atoms with E-state index >= 15 is 0 Å². The zero-order valence-corrected chi connectivity index (χ0v) is 7.59. The van der Waals surface area contributed by atoms with Gasteiger partial charge in [-0.05, 0) is 32.4 Å². The summed E-state index contributed by atoms with van der Waals surface area (Å²) in [6.45, 7) is 1.19. The van der Waals surface area contributed by atoms with E-state index in [1.54, 1.807) is 4.90 Å². The lowest BCUT2D eigenvalue weighted by Gasteiger charge is -2.18. The monoisotopic (exact) mass is 191 g/mol. The van der Waals surface area contributed by atoms with E-state index in [1.807, 2.05) is 0 Å². The highest BCUT2D eigenvalue weighted by atomic mass is 19.3. The number of hydrogen-bond donors (Lipinski definition) is 0. The highest BCUT2D eigenvalue weighted by Gasteiger charge is 2.18. The number of carbonyl (C=O) groups excluding carboxylic acids is 1. The third-order valence-corrected chi connectivity index (χ3v) is 2.45. The molecule has 0 bridgehead atoms. The number of likely N-dealkylation sites (tertiary alicyclic amines) is 1. The maximum absolute atomic E-state index is 12.0. The molecule has 2 nitrogen and oxygen atoms in total. The van der Waals surface area contributed by atoms with Gasteiger partial charge in [0.05, 0.1) is 6.54 Å². The molecule has 0 amide bonds. The molecular formula is C9H15F2NO. The molecule has 0 saturated carbocycles. The first-order chi connectivity index (χ1) is 6.22. The quantitative estimate of drug-likeness (QED) is 0.631. The van der Waals surface area contributed by atoms with Gasteiger partial charge in [0.1, 0.15) is 6.29 Å². The van der Waals surface area contributed by atoms with Gasteiger partial charge in [0, 0.05) is 5.92 Å². The minimum atomic E-state index is -2.26. The standard InChI is InChI=1S/C9H15F2NO/c10-9(11)6-12-4-1-2-8(7-13)3-5-12/h7-9H,1-6H2. The van der Waals surface area contributed by atoms with Crippen molar-refractivity contribution in [2.45, 2.75) is 25.7 Å². The van der Waals surface area contributed by atoms with Crippen molar-refractivity contribution in [3.63, 3.8) is 0 Å². The van der Waals surface area contributed by atoms with Gasteiger partial charge in [0.15, 0.2) is 0 Å². The summed E-state index contributed by atoms with van der Waals surface area (Å²) < 4.78 is 24.0. The third-order valence-electron chi connectivity index (χ3n) is 2.45. The van der Waals surface area contributed by atoms with Crippen LogP contribution in [-0.2, 0) is 4.79 Å². The summed E-state index contributed by atoms with van der Waals surface area (Å²) in [4.78, 5) is 12.2. The summed E-state index contributed by atoms with van der Waals surface area (Å²) in [5, 5.41) is 0. The van der Waals surface area contributed by atoms with Crippen molar-refractivity contribution in [3.8, 4) is 0 Å². The summed E-state index contributed by atoms with van der Waals surface area (Å²) in [6.07, 6.45) is 1.13. The SMILES string of the molecule is O=CC1CCCN(CC(F)F)CC1. The van der Waals surface area contributed by atoms with Crippen LogP contribution in [0.4, 0.5) is 8.78 Å². The molecular weight excluding hydrogens is 176 g/mol. The van der Waals surface area contributed by atoms with Crippen molar-refractivity contribution in [1.29, 1.82) is 0 Å². The van der Waals surface area contributed by atoms with Crippen LogP contribution in [0.15, 0.2) is 0 Å². The molecule has 1 saturated heterocycles. The number of hydrogen-bond acceptors (Lipinski definition) is 2. The molecule has 0 aromatic rings. The number of halogens is 2. The number of nitrogens with zero attached hydrogens (tertiary/aromatic N) is 1. The molecule has 76 valence electrons. The van der Waals surface area contributed by atoms with Crippen molar-refractivity contribution in [2.75, 3.05) is 19.6 Å². The van der Waals surface area contributed by atoms with Crippen LogP contribution in [0.25, 0.3) is 0 Å². The lowest BCUT2D eigenvalue weighted by Crippen LogP contribution is -2.29. The summed E-state index contributed by atoms with van der Waals surface area (Å²) in [5.41, 5.74) is 0. The van der Waals surface area contributed by atoms with Gasteiger partial charge in [-0.15, -0.1) is 0 Å². The van der Waals surface area contributed by atoms with E-state index in [-0.39, 0.29) is 12.5 Å². The zero-order valence-electron chi connectivity index (χ0n) is 7.59. The predicted octanol–water partition coefficient (Wildman–Crippen LogP) is 1.55. The Balaban J connectivity index is 2.31. The zero-order chi connectivity index (χ0) is 9.68. The highest BCUT2D eigenvalue weighted by Crippen LogP contribution is 2.15. The number of rotatable bonds is 3. The van der Waals surface area contributed by atoms with Crippen molar-refractivity contribution in [3.05, 3.63) is 0 Å². The number of carbonyl (C=O) groups is 1. The summed E-state index contributed by atoms with van der Waals surface area (Å²) in [5.74, 6) is 0.0858. The van der Waals surface area contributed by atoms with E-state index in [0.717, 1.165) is 25.5 Å². The Morgan fingerprint density at radius 2 is 2.15 bits per heavy atom. The van der Waals surface area contributed by atoms with Gasteiger partial charge in [-0.25, -0.2) is 8.78 Å². The average molecular weight is 191 g/mol. The Labute approximate surface area is 76.9 Å². The van der Waals surface area contributed by atoms with E-state index in [0.29, 0.717) is 13.1 Å². The molecule has 1 aliphatic heterocycles. The largest absolute Gasteiger partial charge is 0.303 e. The van der Waals surface area contributed by atoms with Crippen LogP contribution in [0, 0.1) is 5.92 Å². The topological polar surface area (TPSA) is 20.3 Å². The van der Waals surface area contributed by atoms with Crippen LogP contribution < -0.4 is 0 Å². The normalized spacial score (nSPS) is 25.9. The molecule has 4 heteroatoms. The second-order valence-electron chi connectivity index (χ2n) is 3.52. The number of aldehydes is 1. The van der Waals surface area contributed by atoms with Crippen LogP contribution in [0.1, 0.15) is 19.3 Å². The Morgan fingerprint density at radius 3 is 2.77 bits per heavy atom. The van der Waals surface area contributed by atoms with Crippen molar-refractivity contribution < 1.29 is 13.6 Å². The maximum atomic E-state index is 12.0. The van der Waals surface area contributed by atoms with Gasteiger partial charge in [-0.3, -0.25) is 4.90 Å². The fraction of sp³-hybridized carbons (Fsp3) is 0.889.